The van der Waals surface area contributed by atoms with E-state index in [1.54, 1.807) is 0 Å². The van der Waals surface area contributed by atoms with E-state index in [4.69, 9.17) is 10.2 Å². The molecule has 0 atom stereocenters. The molecule has 3 heteroatoms. The van der Waals surface area contributed by atoms with Crippen molar-refractivity contribution in [2.24, 2.45) is 0 Å². The molecule has 0 aliphatic rings. The Balaban J connectivity index is -0.0000000275. The van der Waals surface area contributed by atoms with Crippen LogP contribution in [0.5, 0.6) is 0 Å². The topological polar surface area (TPSA) is 40.5 Å². The van der Waals surface area contributed by atoms with E-state index in [-0.39, 0.29) is 32.7 Å². The molecule has 0 aromatic carbocycles. The first kappa shape index (κ1) is 16.0. The summed E-state index contributed by atoms with van der Waals surface area (Å²) in [6.45, 7) is 2.92. The summed E-state index contributed by atoms with van der Waals surface area (Å²) in [6, 6.07) is 0. The molecule has 2 N–H and O–H groups in total. The van der Waals surface area contributed by atoms with Crippen LogP contribution >= 0.6 is 0 Å². The molecule has 0 fully saturated rings. The third-order valence-electron chi connectivity index (χ3n) is 0. The molecule has 0 heterocycles. The molecule has 0 aliphatic carbocycles. The van der Waals surface area contributed by atoms with Crippen molar-refractivity contribution in [2.45, 2.75) is 0 Å². The van der Waals surface area contributed by atoms with Crippen LogP contribution in [0.4, 0.5) is 0 Å². The van der Waals surface area contributed by atoms with Gasteiger partial charge in [-0.25, -0.2) is 0 Å². The van der Waals surface area contributed by atoms with E-state index in [1.807, 2.05) is 0 Å². The third-order valence-corrected chi connectivity index (χ3v) is 0. The number of aliphatic hydroxyl groups is 2. The summed E-state index contributed by atoms with van der Waals surface area (Å²) in [5.41, 5.74) is 0. The fourth-order valence-corrected chi connectivity index (χ4v) is 0. The van der Waals surface area contributed by atoms with Crippen LogP contribution in [-0.4, -0.2) is 17.3 Å². The first-order valence-corrected chi connectivity index (χ1v) is 1.11. The van der Waals surface area contributed by atoms with Crippen molar-refractivity contribution in [3.8, 4) is 0 Å². The Kier molecular flexibility index (Phi) is 123. The minimum Gasteiger partial charge on any atom is -0.516 e. The summed E-state index contributed by atoms with van der Waals surface area (Å²) in [5, 5.41) is 14.3. The van der Waals surface area contributed by atoms with Crippen molar-refractivity contribution in [3.63, 3.8) is 0 Å². The van der Waals surface area contributed by atoms with Gasteiger partial charge in [0.2, 0.25) is 0 Å². The summed E-state index contributed by atoms with van der Waals surface area (Å²) in [5.74, 6) is 0. The molecule has 0 saturated heterocycles. The average Bonchev–Trinajstić information content (AvgIpc) is 1.46. The zero-order chi connectivity index (χ0) is 4.71. The smallest absolute Gasteiger partial charge is 0.0719 e. The van der Waals surface area contributed by atoms with Gasteiger partial charge in [0.25, 0.3) is 0 Å². The average molecular weight is 165 g/mol. The number of hydrogen-bond donors (Lipinski definition) is 2. The van der Waals surface area contributed by atoms with Crippen LogP contribution in [0.2, 0.25) is 0 Å². The van der Waals surface area contributed by atoms with Gasteiger partial charge < -0.3 is 10.2 Å². The van der Waals surface area contributed by atoms with E-state index in [2.05, 4.69) is 6.58 Å². The fourth-order valence-electron chi connectivity index (χ4n) is 0. The van der Waals surface area contributed by atoms with Crippen molar-refractivity contribution in [1.29, 1.82) is 0 Å². The minimum atomic E-state index is 0. The second-order valence-electron chi connectivity index (χ2n) is 0.183. The van der Waals surface area contributed by atoms with Gasteiger partial charge in [0.15, 0.2) is 0 Å². The molecule has 2 nitrogen and oxygen atoms in total. The quantitative estimate of drug-likeness (QED) is 0.506. The Labute approximate surface area is 62.8 Å². The maximum absolute atomic E-state index is 7.33. The van der Waals surface area contributed by atoms with Crippen molar-refractivity contribution >= 4 is 0 Å². The van der Waals surface area contributed by atoms with Crippen LogP contribution in [0, 0.1) is 0 Å². The first-order valence-electron chi connectivity index (χ1n) is 1.11. The van der Waals surface area contributed by atoms with Gasteiger partial charge >= 0.3 is 0 Å². The summed E-state index contributed by atoms with van der Waals surface area (Å²) >= 11 is 0. The van der Waals surface area contributed by atoms with Crippen LogP contribution in [-0.2, 0) is 32.7 Å². The molecular formula is C3H8O2Y. The van der Waals surface area contributed by atoms with E-state index in [9.17, 15) is 0 Å². The molecule has 0 aliphatic heterocycles. The summed E-state index contributed by atoms with van der Waals surface area (Å²) in [4.78, 5) is 0. The monoisotopic (exact) mass is 165 g/mol. The van der Waals surface area contributed by atoms with Gasteiger partial charge in [-0.05, 0) is 0 Å². The molecule has 0 aromatic heterocycles. The number of hydrogen-bond acceptors (Lipinski definition) is 2. The standard InChI is InChI=1S/C2H4O.CH4O.Y/c1-2-3;1-2;/h2-3H,1H2;2H,1H3;. The Hall–Kier alpha value is 0.604. The maximum atomic E-state index is 7.33. The van der Waals surface area contributed by atoms with E-state index >= 15 is 0 Å². The van der Waals surface area contributed by atoms with Crippen LogP contribution in [0.15, 0.2) is 12.8 Å². The maximum Gasteiger partial charge on any atom is 0.0719 e. The summed E-state index contributed by atoms with van der Waals surface area (Å²) < 4.78 is 0. The van der Waals surface area contributed by atoms with Crippen molar-refractivity contribution < 1.29 is 42.9 Å². The molecular weight excluding hydrogens is 157 g/mol. The summed E-state index contributed by atoms with van der Waals surface area (Å²) in [6.07, 6.45) is 0.750. The zero-order valence-electron chi connectivity index (χ0n) is 3.76. The van der Waals surface area contributed by atoms with Crippen LogP contribution in [0.3, 0.4) is 0 Å². The van der Waals surface area contributed by atoms with Gasteiger partial charge in [0.05, 0.1) is 6.26 Å². The fraction of sp³-hybridized carbons (Fsp3) is 0.333. The molecule has 0 aromatic rings. The molecule has 0 spiro atoms. The molecule has 0 rings (SSSR count). The number of rotatable bonds is 0. The van der Waals surface area contributed by atoms with Crippen LogP contribution in [0.1, 0.15) is 0 Å². The van der Waals surface area contributed by atoms with E-state index < -0.39 is 0 Å². The SMILES string of the molecule is C=CO.CO.[Y]. The Morgan fingerprint density at radius 3 is 1.50 bits per heavy atom. The molecule has 0 unspecified atom stereocenters. The van der Waals surface area contributed by atoms with Crippen molar-refractivity contribution in [3.05, 3.63) is 12.8 Å². The third kappa shape index (κ3) is 164. The van der Waals surface area contributed by atoms with Gasteiger partial charge in [-0.15, -0.1) is 0 Å². The van der Waals surface area contributed by atoms with Crippen molar-refractivity contribution in [1.82, 2.24) is 0 Å². The van der Waals surface area contributed by atoms with E-state index in [0.29, 0.717) is 0 Å². The molecule has 6 heavy (non-hydrogen) atoms. The van der Waals surface area contributed by atoms with Gasteiger partial charge in [-0.3, -0.25) is 0 Å². The largest absolute Gasteiger partial charge is 0.516 e. The predicted molar refractivity (Wildman–Crippen MR) is 21.0 cm³/mol. The van der Waals surface area contributed by atoms with E-state index in [0.717, 1.165) is 13.4 Å². The molecule has 35 valence electrons. The van der Waals surface area contributed by atoms with Gasteiger partial charge in [-0.2, -0.15) is 0 Å². The Morgan fingerprint density at radius 2 is 1.50 bits per heavy atom. The second kappa shape index (κ2) is 46.2. The number of aliphatic hydroxyl groups excluding tert-OH is 2. The van der Waals surface area contributed by atoms with E-state index in [1.165, 1.54) is 0 Å². The van der Waals surface area contributed by atoms with Crippen molar-refractivity contribution in [2.75, 3.05) is 7.11 Å². The van der Waals surface area contributed by atoms with Gasteiger partial charge in [0.1, 0.15) is 0 Å². The molecule has 0 amide bonds. The normalized spacial score (nSPS) is 3.00. The minimum absolute atomic E-state index is 0. The first-order chi connectivity index (χ1) is 2.41. The predicted octanol–water partition coefficient (Wildman–Crippen LogP) is 0.294. The van der Waals surface area contributed by atoms with Gasteiger partial charge in [-0.1, -0.05) is 6.58 Å². The zero-order valence-corrected chi connectivity index (χ0v) is 6.59. The molecule has 0 bridgehead atoms. The second-order valence-corrected chi connectivity index (χ2v) is 0.183. The van der Waals surface area contributed by atoms with Crippen LogP contribution < -0.4 is 0 Å². The Bertz CT molecular complexity index is 16.3. The molecule has 0 saturated carbocycles. The Morgan fingerprint density at radius 1 is 1.50 bits per heavy atom. The summed E-state index contributed by atoms with van der Waals surface area (Å²) in [7, 11) is 1.00. The van der Waals surface area contributed by atoms with Crippen LogP contribution in [0.25, 0.3) is 0 Å². The molecule has 1 radical (unpaired) electrons. The van der Waals surface area contributed by atoms with Gasteiger partial charge in [0, 0.05) is 39.8 Å².